The second-order valence-electron chi connectivity index (χ2n) is 4.86. The van der Waals surface area contributed by atoms with Crippen LogP contribution in [0.1, 0.15) is 24.2 Å². The van der Waals surface area contributed by atoms with Gasteiger partial charge in [-0.2, -0.15) is 5.10 Å². The minimum absolute atomic E-state index is 0.0618. The molecule has 5 nitrogen and oxygen atoms in total. The summed E-state index contributed by atoms with van der Waals surface area (Å²) in [6, 6.07) is 5.68. The van der Waals surface area contributed by atoms with E-state index in [0.717, 1.165) is 10.6 Å². The van der Waals surface area contributed by atoms with Gasteiger partial charge in [0.1, 0.15) is 5.56 Å². The Kier molecular flexibility index (Phi) is 3.65. The molecule has 3 rings (SSSR count). The van der Waals surface area contributed by atoms with Crippen molar-refractivity contribution in [3.8, 4) is 10.6 Å². The SMILES string of the molecule is CC(C)NC(=O)c1cnn2c(-c3ccc(Cl)s3)ccnc12. The second-order valence-corrected chi connectivity index (χ2v) is 6.57. The molecule has 0 aromatic carbocycles. The molecule has 0 saturated carbocycles. The van der Waals surface area contributed by atoms with E-state index in [4.69, 9.17) is 11.6 Å². The highest BCUT2D eigenvalue weighted by molar-refractivity contribution is 7.19. The first-order chi connectivity index (χ1) is 10.1. The van der Waals surface area contributed by atoms with Crippen molar-refractivity contribution in [2.45, 2.75) is 19.9 Å². The maximum absolute atomic E-state index is 12.2. The normalized spacial score (nSPS) is 11.2. The van der Waals surface area contributed by atoms with Crippen molar-refractivity contribution in [1.29, 1.82) is 0 Å². The fourth-order valence-electron chi connectivity index (χ4n) is 2.03. The highest BCUT2D eigenvalue weighted by Crippen LogP contribution is 2.31. The molecule has 0 aliphatic carbocycles. The fraction of sp³-hybridized carbons (Fsp3) is 0.214. The zero-order chi connectivity index (χ0) is 15.0. The van der Waals surface area contributed by atoms with Crippen LogP contribution >= 0.6 is 22.9 Å². The van der Waals surface area contributed by atoms with Crippen LogP contribution < -0.4 is 5.32 Å². The number of fused-ring (bicyclic) bond motifs is 1. The lowest BCUT2D eigenvalue weighted by atomic mass is 10.2. The maximum Gasteiger partial charge on any atom is 0.256 e. The molecule has 0 aliphatic rings. The molecule has 3 heterocycles. The number of carbonyl (C=O) groups excluding carboxylic acids is 1. The lowest BCUT2D eigenvalue weighted by molar-refractivity contribution is 0.0944. The Morgan fingerprint density at radius 2 is 2.19 bits per heavy atom. The highest BCUT2D eigenvalue weighted by Gasteiger charge is 2.17. The Morgan fingerprint density at radius 1 is 1.38 bits per heavy atom. The molecule has 0 bridgehead atoms. The number of hydrogen-bond donors (Lipinski definition) is 1. The smallest absolute Gasteiger partial charge is 0.256 e. The quantitative estimate of drug-likeness (QED) is 0.806. The van der Waals surface area contributed by atoms with Crippen molar-refractivity contribution in [1.82, 2.24) is 19.9 Å². The van der Waals surface area contributed by atoms with E-state index in [1.807, 2.05) is 32.0 Å². The Labute approximate surface area is 130 Å². The molecule has 1 N–H and O–H groups in total. The predicted octanol–water partition coefficient (Wildman–Crippen LogP) is 3.25. The molecule has 108 valence electrons. The third-order valence-corrected chi connectivity index (χ3v) is 4.14. The van der Waals surface area contributed by atoms with E-state index in [2.05, 4.69) is 15.4 Å². The van der Waals surface area contributed by atoms with Gasteiger partial charge >= 0.3 is 0 Å². The summed E-state index contributed by atoms with van der Waals surface area (Å²) in [7, 11) is 0. The molecular formula is C14H13ClN4OS. The number of thiophene rings is 1. The van der Waals surface area contributed by atoms with Crippen LogP contribution in [0.5, 0.6) is 0 Å². The number of aromatic nitrogens is 3. The maximum atomic E-state index is 12.2. The zero-order valence-corrected chi connectivity index (χ0v) is 13.1. The first-order valence-electron chi connectivity index (χ1n) is 6.45. The second kappa shape index (κ2) is 5.46. The van der Waals surface area contributed by atoms with Crippen molar-refractivity contribution in [2.75, 3.05) is 0 Å². The molecule has 21 heavy (non-hydrogen) atoms. The average molecular weight is 321 g/mol. The fourth-order valence-corrected chi connectivity index (χ4v) is 3.08. The zero-order valence-electron chi connectivity index (χ0n) is 11.5. The Morgan fingerprint density at radius 3 is 2.86 bits per heavy atom. The lowest BCUT2D eigenvalue weighted by Gasteiger charge is -2.07. The molecule has 0 radical (unpaired) electrons. The third-order valence-electron chi connectivity index (χ3n) is 2.89. The molecule has 0 aliphatic heterocycles. The van der Waals surface area contributed by atoms with Crippen LogP contribution in [0.25, 0.3) is 16.2 Å². The molecular weight excluding hydrogens is 308 g/mol. The van der Waals surface area contributed by atoms with Crippen LogP contribution in [0.2, 0.25) is 4.34 Å². The number of nitrogens with one attached hydrogen (secondary N) is 1. The highest BCUT2D eigenvalue weighted by atomic mass is 35.5. The molecule has 0 fully saturated rings. The standard InChI is InChI=1S/C14H13ClN4OS/c1-8(2)18-14(20)9-7-17-19-10(5-6-16-13(9)19)11-3-4-12(15)21-11/h3-8H,1-2H3,(H,18,20). The van der Waals surface area contributed by atoms with Crippen molar-refractivity contribution >= 4 is 34.5 Å². The average Bonchev–Trinajstić information content (AvgIpc) is 3.03. The van der Waals surface area contributed by atoms with E-state index in [9.17, 15) is 4.79 Å². The van der Waals surface area contributed by atoms with Crippen molar-refractivity contribution in [3.63, 3.8) is 0 Å². The number of halogens is 1. The van der Waals surface area contributed by atoms with Gasteiger partial charge < -0.3 is 5.32 Å². The summed E-state index contributed by atoms with van der Waals surface area (Å²) < 4.78 is 2.37. The first kappa shape index (κ1) is 14.0. The number of nitrogens with zero attached hydrogens (tertiary/aromatic N) is 3. The largest absolute Gasteiger partial charge is 0.350 e. The van der Waals surface area contributed by atoms with E-state index in [0.29, 0.717) is 15.5 Å². The van der Waals surface area contributed by atoms with Crippen LogP contribution in [-0.4, -0.2) is 26.5 Å². The van der Waals surface area contributed by atoms with E-state index >= 15 is 0 Å². The summed E-state index contributed by atoms with van der Waals surface area (Å²) in [5, 5.41) is 7.14. The van der Waals surface area contributed by atoms with Gasteiger partial charge in [0, 0.05) is 12.2 Å². The van der Waals surface area contributed by atoms with Gasteiger partial charge in [0.25, 0.3) is 5.91 Å². The molecule has 0 spiro atoms. The van der Waals surface area contributed by atoms with E-state index < -0.39 is 0 Å². The summed E-state index contributed by atoms with van der Waals surface area (Å²) >= 11 is 7.44. The van der Waals surface area contributed by atoms with Crippen LogP contribution in [0.3, 0.4) is 0 Å². The van der Waals surface area contributed by atoms with E-state index in [-0.39, 0.29) is 11.9 Å². The Hall–Kier alpha value is -1.92. The Bertz CT molecular complexity index is 808. The van der Waals surface area contributed by atoms with Gasteiger partial charge in [-0.15, -0.1) is 11.3 Å². The number of rotatable bonds is 3. The number of carbonyl (C=O) groups is 1. The molecule has 0 unspecified atom stereocenters. The van der Waals surface area contributed by atoms with Gasteiger partial charge in [-0.3, -0.25) is 4.79 Å². The summed E-state index contributed by atoms with van der Waals surface area (Å²) in [6.45, 7) is 3.83. The van der Waals surface area contributed by atoms with Crippen molar-refractivity contribution in [3.05, 3.63) is 40.5 Å². The number of amides is 1. The summed E-state index contributed by atoms with van der Waals surface area (Å²) in [4.78, 5) is 17.4. The summed E-state index contributed by atoms with van der Waals surface area (Å²) in [5.74, 6) is -0.172. The molecule has 7 heteroatoms. The van der Waals surface area contributed by atoms with Gasteiger partial charge in [-0.05, 0) is 32.0 Å². The van der Waals surface area contributed by atoms with Crippen molar-refractivity contribution < 1.29 is 4.79 Å². The van der Waals surface area contributed by atoms with Crippen LogP contribution in [0, 0.1) is 0 Å². The van der Waals surface area contributed by atoms with Crippen LogP contribution in [0.15, 0.2) is 30.6 Å². The predicted molar refractivity (Wildman–Crippen MR) is 83.9 cm³/mol. The summed E-state index contributed by atoms with van der Waals surface area (Å²) in [5.41, 5.74) is 1.86. The number of hydrogen-bond acceptors (Lipinski definition) is 4. The lowest BCUT2D eigenvalue weighted by Crippen LogP contribution is -2.30. The van der Waals surface area contributed by atoms with Crippen molar-refractivity contribution in [2.24, 2.45) is 0 Å². The van der Waals surface area contributed by atoms with Gasteiger partial charge in [-0.1, -0.05) is 11.6 Å². The van der Waals surface area contributed by atoms with Gasteiger partial charge in [-0.25, -0.2) is 9.50 Å². The van der Waals surface area contributed by atoms with E-state index in [1.54, 1.807) is 16.9 Å². The third kappa shape index (κ3) is 2.64. The minimum atomic E-state index is -0.172. The van der Waals surface area contributed by atoms with Crippen LogP contribution in [-0.2, 0) is 0 Å². The molecule has 0 atom stereocenters. The van der Waals surface area contributed by atoms with Gasteiger partial charge in [0.05, 0.1) is 21.1 Å². The monoisotopic (exact) mass is 320 g/mol. The molecule has 3 aromatic heterocycles. The first-order valence-corrected chi connectivity index (χ1v) is 7.65. The van der Waals surface area contributed by atoms with Crippen LogP contribution in [0.4, 0.5) is 0 Å². The molecule has 1 amide bonds. The minimum Gasteiger partial charge on any atom is -0.350 e. The molecule has 0 saturated heterocycles. The molecule has 3 aromatic rings. The summed E-state index contributed by atoms with van der Waals surface area (Å²) in [6.07, 6.45) is 3.21. The topological polar surface area (TPSA) is 59.3 Å². The Balaban J connectivity index is 2.10. The van der Waals surface area contributed by atoms with E-state index in [1.165, 1.54) is 11.3 Å². The van der Waals surface area contributed by atoms with Gasteiger partial charge in [0.2, 0.25) is 0 Å². The van der Waals surface area contributed by atoms with Gasteiger partial charge in [0.15, 0.2) is 5.65 Å².